The molecule has 3 heterocycles. The quantitative estimate of drug-likeness (QED) is 0.299. The molecule has 14 heteroatoms. The highest BCUT2D eigenvalue weighted by atomic mass is 16.5. The van der Waals surface area contributed by atoms with Gasteiger partial charge in [0.1, 0.15) is 41.9 Å². The van der Waals surface area contributed by atoms with E-state index in [0.717, 1.165) is 33.1 Å². The Kier molecular flexibility index (Phi) is 7.18. The summed E-state index contributed by atoms with van der Waals surface area (Å²) in [6, 6.07) is 6.86. The van der Waals surface area contributed by atoms with Gasteiger partial charge in [0, 0.05) is 30.6 Å². The highest BCUT2D eigenvalue weighted by Crippen LogP contribution is 2.35. The van der Waals surface area contributed by atoms with Crippen LogP contribution in [0.3, 0.4) is 0 Å². The van der Waals surface area contributed by atoms with E-state index in [-0.39, 0.29) is 37.3 Å². The van der Waals surface area contributed by atoms with Gasteiger partial charge in [-0.15, -0.1) is 0 Å². The lowest BCUT2D eigenvalue weighted by Gasteiger charge is -2.34. The van der Waals surface area contributed by atoms with E-state index in [1.807, 2.05) is 26.7 Å². The molecule has 39 heavy (non-hydrogen) atoms. The number of piperidine rings is 1. The third kappa shape index (κ3) is 5.02. The van der Waals surface area contributed by atoms with Crippen LogP contribution in [0, 0.1) is 0 Å². The summed E-state index contributed by atoms with van der Waals surface area (Å²) < 4.78 is 11.9. The van der Waals surface area contributed by atoms with E-state index < -0.39 is 17.3 Å². The fourth-order valence-corrected chi connectivity index (χ4v) is 5.90. The van der Waals surface area contributed by atoms with Crippen LogP contribution in [-0.2, 0) is 37.6 Å². The first-order chi connectivity index (χ1) is 18.5. The van der Waals surface area contributed by atoms with Crippen molar-refractivity contribution in [2.24, 2.45) is 0 Å². The summed E-state index contributed by atoms with van der Waals surface area (Å²) in [5.74, 6) is -0.374. The van der Waals surface area contributed by atoms with Crippen molar-refractivity contribution < 1.29 is 28.7 Å². The van der Waals surface area contributed by atoms with E-state index in [1.165, 1.54) is 4.90 Å². The minimum atomic E-state index is -0.729. The molecule has 2 fully saturated rings. The summed E-state index contributed by atoms with van der Waals surface area (Å²) in [6.07, 6.45) is 0.521. The summed E-state index contributed by atoms with van der Waals surface area (Å²) in [5, 5.41) is 1.62. The summed E-state index contributed by atoms with van der Waals surface area (Å²) in [5.41, 5.74) is 6.72. The zero-order chi connectivity index (χ0) is 28.1. The third-order valence-corrected chi connectivity index (χ3v) is 8.24. The van der Waals surface area contributed by atoms with Crippen LogP contribution in [0.25, 0.3) is 0 Å². The molecule has 2 aromatic rings. The Morgan fingerprint density at radius 3 is 2.59 bits per heavy atom. The summed E-state index contributed by atoms with van der Waals surface area (Å²) >= 11 is 0. The van der Waals surface area contributed by atoms with Crippen LogP contribution in [-0.4, -0.2) is 98.5 Å². The molecule has 0 bridgehead atoms. The molecule has 0 aromatic heterocycles. The molecule has 2 aromatic carbocycles. The van der Waals surface area contributed by atoms with Crippen LogP contribution < -0.4 is 26.4 Å². The van der Waals surface area contributed by atoms with Gasteiger partial charge in [-0.1, -0.05) is 28.5 Å². The molecule has 3 aliphatic rings. The second-order valence-electron chi connectivity index (χ2n) is 11.1. The number of benzene rings is 2. The zero-order valence-electron chi connectivity index (χ0n) is 23.2. The smallest absolute Gasteiger partial charge is 0.255 e. The Morgan fingerprint density at radius 1 is 1.10 bits per heavy atom. The first kappa shape index (κ1) is 27.2. The molecule has 1 atom stereocenters. The number of hydrogen-bond acceptors (Lipinski definition) is 6. The third-order valence-electron chi connectivity index (χ3n) is 8.24. The van der Waals surface area contributed by atoms with Crippen LogP contribution >= 0.6 is 0 Å². The number of ether oxygens (including phenoxy) is 2. The van der Waals surface area contributed by atoms with Crippen LogP contribution in [0.5, 0.6) is 5.75 Å². The van der Waals surface area contributed by atoms with Crippen molar-refractivity contribution in [1.82, 2.24) is 15.1 Å². The minimum Gasteiger partial charge on any atom is -0.501 e. The Bertz CT molecular complexity index is 1400. The number of carbonyl (C=O) groups excluding carboxylic acids is 4. The Hall–Kier alpha value is -3.40. The average molecular weight is 523 g/mol. The fraction of sp³-hybridized carbons (Fsp3) is 0.360. The number of hydrogen-bond donors (Lipinski definition) is 1. The van der Waals surface area contributed by atoms with Crippen molar-refractivity contribution in [1.29, 1.82) is 0 Å². The molecule has 0 spiro atoms. The second-order valence-corrected chi connectivity index (χ2v) is 11.1. The van der Waals surface area contributed by atoms with Gasteiger partial charge in [0.2, 0.25) is 17.7 Å². The van der Waals surface area contributed by atoms with E-state index in [0.29, 0.717) is 37.4 Å². The van der Waals surface area contributed by atoms with Crippen LogP contribution in [0.4, 0.5) is 0 Å². The van der Waals surface area contributed by atoms with Crippen molar-refractivity contribution in [2.75, 3.05) is 19.8 Å². The molecule has 1 N–H and O–H groups in total. The van der Waals surface area contributed by atoms with Gasteiger partial charge in [-0.2, -0.15) is 0 Å². The highest BCUT2D eigenvalue weighted by molar-refractivity contribution is 6.53. The molecule has 2 saturated heterocycles. The van der Waals surface area contributed by atoms with Gasteiger partial charge < -0.3 is 19.3 Å². The van der Waals surface area contributed by atoms with E-state index in [4.69, 9.17) is 9.47 Å². The monoisotopic (exact) mass is 523 g/mol. The van der Waals surface area contributed by atoms with E-state index in [9.17, 15) is 19.2 Å². The standard InChI is InChI=1S/C25H30B5N3O6/c26-16-8-15(22(28)21(27)14(16)9-32-6-7-38-11-20(32)35)25(29,30)39-18-3-1-2-12-13(18)10-33(24(12)37)17-4-5-19(34)31-23(17)36/h1-3,8,17H,4-7,9-11,26-30H2,(H,31,34,36). The van der Waals surface area contributed by atoms with Crippen molar-refractivity contribution in [3.63, 3.8) is 0 Å². The number of nitrogens with one attached hydrogen (secondary N) is 1. The van der Waals surface area contributed by atoms with E-state index in [1.54, 1.807) is 12.1 Å². The van der Waals surface area contributed by atoms with E-state index in [2.05, 4.69) is 34.9 Å². The fourth-order valence-electron chi connectivity index (χ4n) is 5.90. The van der Waals surface area contributed by atoms with Crippen LogP contribution in [0.15, 0.2) is 24.3 Å². The van der Waals surface area contributed by atoms with Gasteiger partial charge in [0.05, 0.1) is 18.6 Å². The number of nitrogens with zero attached hydrogens (tertiary/aromatic N) is 2. The number of morpholine rings is 1. The summed E-state index contributed by atoms with van der Waals surface area (Å²) in [6.45, 7) is 2.05. The molecule has 0 saturated carbocycles. The predicted octanol–water partition coefficient (Wildman–Crippen LogP) is -5.96. The van der Waals surface area contributed by atoms with Crippen LogP contribution in [0.1, 0.15) is 39.9 Å². The lowest BCUT2D eigenvalue weighted by Crippen LogP contribution is -2.52. The molecule has 196 valence electrons. The second kappa shape index (κ2) is 10.3. The number of imide groups is 1. The number of carbonyl (C=O) groups is 4. The maximum absolute atomic E-state index is 13.2. The summed E-state index contributed by atoms with van der Waals surface area (Å²) in [4.78, 5) is 53.0. The number of rotatable bonds is 6. The van der Waals surface area contributed by atoms with Gasteiger partial charge >= 0.3 is 0 Å². The van der Waals surface area contributed by atoms with Gasteiger partial charge in [-0.25, -0.2) is 0 Å². The summed E-state index contributed by atoms with van der Waals surface area (Å²) in [7, 11) is 10.2. The Labute approximate surface area is 232 Å². The SMILES string of the molecule is Bc1cc(C(B)(B)Oc2cccc3c2CN(C2CCC(=O)NC2=O)C3=O)c(B)c(B)c1CN1CCOCC1=O. The van der Waals surface area contributed by atoms with E-state index >= 15 is 0 Å². The van der Waals surface area contributed by atoms with Crippen molar-refractivity contribution in [3.8, 4) is 5.75 Å². The molecular formula is C25H30B5N3O6. The van der Waals surface area contributed by atoms with Gasteiger partial charge in [-0.05, 0) is 29.7 Å². The number of fused-ring (bicyclic) bond motifs is 1. The first-order valence-corrected chi connectivity index (χ1v) is 13.4. The zero-order valence-corrected chi connectivity index (χ0v) is 23.2. The Balaban J connectivity index is 1.41. The largest absolute Gasteiger partial charge is 0.501 e. The predicted molar refractivity (Wildman–Crippen MR) is 159 cm³/mol. The van der Waals surface area contributed by atoms with Crippen molar-refractivity contribution in [2.45, 2.75) is 37.4 Å². The highest BCUT2D eigenvalue weighted by Gasteiger charge is 2.41. The molecule has 0 radical (unpaired) electrons. The normalized spacial score (nSPS) is 19.7. The lowest BCUT2D eigenvalue weighted by atomic mass is 9.55. The topological polar surface area (TPSA) is 105 Å². The first-order valence-electron chi connectivity index (χ1n) is 13.4. The molecule has 5 rings (SSSR count). The average Bonchev–Trinajstić information content (AvgIpc) is 3.22. The van der Waals surface area contributed by atoms with Crippen molar-refractivity contribution in [3.05, 3.63) is 46.5 Å². The molecule has 0 aliphatic carbocycles. The van der Waals surface area contributed by atoms with Crippen molar-refractivity contribution >= 4 is 79.2 Å². The molecule has 3 aliphatic heterocycles. The Morgan fingerprint density at radius 2 is 1.87 bits per heavy atom. The maximum atomic E-state index is 13.2. The molecule has 4 amide bonds. The van der Waals surface area contributed by atoms with Crippen LogP contribution in [0.2, 0.25) is 0 Å². The molecule has 1 unspecified atom stereocenters. The van der Waals surface area contributed by atoms with Gasteiger partial charge in [0.15, 0.2) is 15.7 Å². The number of amides is 4. The molecule has 9 nitrogen and oxygen atoms in total. The molecular weight excluding hydrogens is 492 g/mol. The lowest BCUT2D eigenvalue weighted by molar-refractivity contribution is -0.143. The maximum Gasteiger partial charge on any atom is 0.255 e. The van der Waals surface area contributed by atoms with Gasteiger partial charge in [0.25, 0.3) is 5.91 Å². The van der Waals surface area contributed by atoms with Gasteiger partial charge in [-0.3, -0.25) is 24.5 Å². The minimum absolute atomic E-state index is 0.00396.